The van der Waals surface area contributed by atoms with Gasteiger partial charge in [0.1, 0.15) is 24.7 Å². The summed E-state index contributed by atoms with van der Waals surface area (Å²) >= 11 is 1.31. The number of ether oxygens (including phenoxy) is 4. The maximum atomic E-state index is 12.7. The molecule has 1 N–H and O–H groups in total. The number of hydrogen-bond donors (Lipinski definition) is 1. The quantitative estimate of drug-likeness (QED) is 0.430. The SMILES string of the molecule is COc1cc(NC(=O)CSc2nnc3c(C)cc4cc5c(cc4n23)OCCO5)cc(OC)c1. The van der Waals surface area contributed by atoms with Gasteiger partial charge >= 0.3 is 0 Å². The van der Waals surface area contributed by atoms with E-state index < -0.39 is 0 Å². The van der Waals surface area contributed by atoms with Crippen LogP contribution in [0.2, 0.25) is 0 Å². The number of methoxy groups -OCH3 is 2. The summed E-state index contributed by atoms with van der Waals surface area (Å²) in [5.74, 6) is 2.57. The molecule has 5 rings (SSSR count). The number of hydrogen-bond acceptors (Lipinski definition) is 8. The molecule has 10 heteroatoms. The Kier molecular flexibility index (Phi) is 5.59. The van der Waals surface area contributed by atoms with E-state index in [1.165, 1.54) is 11.8 Å². The van der Waals surface area contributed by atoms with Crippen molar-refractivity contribution in [2.75, 3.05) is 38.5 Å². The van der Waals surface area contributed by atoms with Crippen molar-refractivity contribution in [1.82, 2.24) is 14.6 Å². The van der Waals surface area contributed by atoms with Gasteiger partial charge in [0.2, 0.25) is 5.91 Å². The molecule has 0 saturated heterocycles. The van der Waals surface area contributed by atoms with E-state index in [-0.39, 0.29) is 11.7 Å². The third-order valence-electron chi connectivity index (χ3n) is 5.26. The van der Waals surface area contributed by atoms with Gasteiger partial charge in [0.05, 0.1) is 25.5 Å². The molecule has 2 aromatic heterocycles. The minimum absolute atomic E-state index is 0.153. The minimum atomic E-state index is -0.182. The van der Waals surface area contributed by atoms with Crippen molar-refractivity contribution < 1.29 is 23.7 Å². The van der Waals surface area contributed by atoms with Crippen LogP contribution in [0.25, 0.3) is 16.6 Å². The predicted octanol–water partition coefficient (Wildman–Crippen LogP) is 3.71. The van der Waals surface area contributed by atoms with Gasteiger partial charge < -0.3 is 24.3 Å². The fourth-order valence-corrected chi connectivity index (χ4v) is 4.49. The molecular formula is C23H22N4O5S. The third kappa shape index (κ3) is 4.09. The van der Waals surface area contributed by atoms with Crippen molar-refractivity contribution in [3.8, 4) is 23.0 Å². The van der Waals surface area contributed by atoms with Crippen LogP contribution < -0.4 is 24.3 Å². The van der Waals surface area contributed by atoms with Gasteiger partial charge in [0.25, 0.3) is 0 Å². The molecule has 0 atom stereocenters. The van der Waals surface area contributed by atoms with E-state index in [1.807, 2.05) is 23.5 Å². The molecule has 170 valence electrons. The monoisotopic (exact) mass is 466 g/mol. The number of nitrogens with one attached hydrogen (secondary N) is 1. The van der Waals surface area contributed by atoms with E-state index in [0.29, 0.717) is 41.3 Å². The van der Waals surface area contributed by atoms with Crippen molar-refractivity contribution in [1.29, 1.82) is 0 Å². The molecule has 0 fully saturated rings. The Bertz CT molecular complexity index is 1350. The largest absolute Gasteiger partial charge is 0.497 e. The van der Waals surface area contributed by atoms with Crippen LogP contribution in [0.5, 0.6) is 23.0 Å². The highest BCUT2D eigenvalue weighted by atomic mass is 32.2. The van der Waals surface area contributed by atoms with Crippen LogP contribution in [0.1, 0.15) is 5.56 Å². The zero-order chi connectivity index (χ0) is 22.9. The van der Waals surface area contributed by atoms with Crippen LogP contribution in [0.3, 0.4) is 0 Å². The summed E-state index contributed by atoms with van der Waals surface area (Å²) < 4.78 is 24.0. The molecule has 0 saturated carbocycles. The smallest absolute Gasteiger partial charge is 0.234 e. The van der Waals surface area contributed by atoms with E-state index in [2.05, 4.69) is 21.6 Å². The van der Waals surface area contributed by atoms with E-state index in [9.17, 15) is 4.79 Å². The molecular weight excluding hydrogens is 444 g/mol. The first kappa shape index (κ1) is 21.2. The summed E-state index contributed by atoms with van der Waals surface area (Å²) in [5.41, 5.74) is 3.20. The number of aromatic nitrogens is 3. The summed E-state index contributed by atoms with van der Waals surface area (Å²) in [4.78, 5) is 12.7. The number of nitrogens with zero attached hydrogens (tertiary/aromatic N) is 3. The van der Waals surface area contributed by atoms with Crippen molar-refractivity contribution >= 4 is 39.9 Å². The van der Waals surface area contributed by atoms with Crippen LogP contribution in [0.4, 0.5) is 5.69 Å². The van der Waals surface area contributed by atoms with Gasteiger partial charge in [-0.15, -0.1) is 10.2 Å². The lowest BCUT2D eigenvalue weighted by Crippen LogP contribution is -2.15. The summed E-state index contributed by atoms with van der Waals surface area (Å²) in [6.45, 7) is 3.02. The number of aryl methyl sites for hydroxylation is 1. The van der Waals surface area contributed by atoms with Gasteiger partial charge in [-0.1, -0.05) is 11.8 Å². The topological polar surface area (TPSA) is 96.2 Å². The van der Waals surface area contributed by atoms with Crippen molar-refractivity contribution in [3.63, 3.8) is 0 Å². The average Bonchev–Trinajstić information content (AvgIpc) is 3.26. The first-order chi connectivity index (χ1) is 16.1. The number of anilines is 1. The molecule has 1 aliphatic heterocycles. The third-order valence-corrected chi connectivity index (χ3v) is 6.19. The summed E-state index contributed by atoms with van der Waals surface area (Å²) in [5, 5.41) is 13.2. The van der Waals surface area contributed by atoms with Crippen LogP contribution in [0.15, 0.2) is 41.6 Å². The van der Waals surface area contributed by atoms with Gasteiger partial charge in [-0.25, -0.2) is 0 Å². The number of carbonyl (C=O) groups is 1. The molecule has 0 bridgehead atoms. The fourth-order valence-electron chi connectivity index (χ4n) is 3.74. The van der Waals surface area contributed by atoms with Gasteiger partial charge in [0, 0.05) is 35.3 Å². The molecule has 2 aromatic carbocycles. The van der Waals surface area contributed by atoms with Gasteiger partial charge in [-0.05, 0) is 24.6 Å². The molecule has 1 amide bonds. The second-order valence-corrected chi connectivity index (χ2v) is 8.40. The lowest BCUT2D eigenvalue weighted by Gasteiger charge is -2.19. The van der Waals surface area contributed by atoms with Crippen LogP contribution >= 0.6 is 11.8 Å². The number of rotatable bonds is 6. The summed E-state index contributed by atoms with van der Waals surface area (Å²) in [6, 6.07) is 11.2. The van der Waals surface area contributed by atoms with Gasteiger partial charge in [-0.2, -0.15) is 0 Å². The first-order valence-electron chi connectivity index (χ1n) is 10.3. The van der Waals surface area contributed by atoms with Crippen molar-refractivity contribution in [2.45, 2.75) is 12.1 Å². The normalized spacial score (nSPS) is 12.7. The highest BCUT2D eigenvalue weighted by Crippen LogP contribution is 2.36. The number of fused-ring (bicyclic) bond motifs is 4. The minimum Gasteiger partial charge on any atom is -0.497 e. The lowest BCUT2D eigenvalue weighted by atomic mass is 10.1. The Morgan fingerprint density at radius 2 is 1.73 bits per heavy atom. The maximum Gasteiger partial charge on any atom is 0.234 e. The zero-order valence-corrected chi connectivity index (χ0v) is 19.2. The number of carbonyl (C=O) groups excluding carboxylic acids is 1. The predicted molar refractivity (Wildman–Crippen MR) is 125 cm³/mol. The zero-order valence-electron chi connectivity index (χ0n) is 18.4. The molecule has 33 heavy (non-hydrogen) atoms. The molecule has 0 aliphatic carbocycles. The Labute approximate surface area is 194 Å². The Morgan fingerprint density at radius 3 is 2.42 bits per heavy atom. The maximum absolute atomic E-state index is 12.7. The Morgan fingerprint density at radius 1 is 1.03 bits per heavy atom. The lowest BCUT2D eigenvalue weighted by molar-refractivity contribution is -0.113. The van der Waals surface area contributed by atoms with Crippen molar-refractivity contribution in [2.24, 2.45) is 0 Å². The second kappa shape index (κ2) is 8.70. The van der Waals surface area contributed by atoms with Gasteiger partial charge in [-0.3, -0.25) is 9.20 Å². The Balaban J connectivity index is 1.42. The molecule has 0 spiro atoms. The summed E-state index contributed by atoms with van der Waals surface area (Å²) in [7, 11) is 3.13. The highest BCUT2D eigenvalue weighted by Gasteiger charge is 2.18. The van der Waals surface area contributed by atoms with Crippen LogP contribution in [0, 0.1) is 6.92 Å². The summed E-state index contributed by atoms with van der Waals surface area (Å²) in [6.07, 6.45) is 0. The number of benzene rings is 2. The average molecular weight is 467 g/mol. The van der Waals surface area contributed by atoms with Crippen LogP contribution in [-0.2, 0) is 4.79 Å². The van der Waals surface area contributed by atoms with E-state index >= 15 is 0 Å². The molecule has 3 heterocycles. The second-order valence-electron chi connectivity index (χ2n) is 7.46. The molecule has 1 aliphatic rings. The fraction of sp³-hybridized carbons (Fsp3) is 0.261. The number of amides is 1. The van der Waals surface area contributed by atoms with Crippen molar-refractivity contribution in [3.05, 3.63) is 42.0 Å². The first-order valence-corrected chi connectivity index (χ1v) is 11.3. The number of thioether (sulfide) groups is 1. The molecule has 0 radical (unpaired) electrons. The van der Waals surface area contributed by atoms with Gasteiger partial charge in [0.15, 0.2) is 22.3 Å². The molecule has 4 aromatic rings. The highest BCUT2D eigenvalue weighted by molar-refractivity contribution is 7.99. The standard InChI is InChI=1S/C23H22N4O5S/c1-13-6-14-7-19-20(32-5-4-31-19)11-18(14)27-22(13)25-26-23(27)33-12-21(28)24-15-8-16(29-2)10-17(9-15)30-3/h6-11H,4-5,12H2,1-3H3,(H,24,28). The molecule has 0 unspecified atom stereocenters. The van der Waals surface area contributed by atoms with Crippen LogP contribution in [-0.4, -0.2) is 53.7 Å². The van der Waals surface area contributed by atoms with E-state index in [0.717, 1.165) is 27.9 Å². The van der Waals surface area contributed by atoms with E-state index in [1.54, 1.807) is 32.4 Å². The Hall–Kier alpha value is -3.66. The van der Waals surface area contributed by atoms with E-state index in [4.69, 9.17) is 18.9 Å². The number of pyridine rings is 1. The molecule has 9 nitrogen and oxygen atoms in total.